The number of thiazole rings is 1. The van der Waals surface area contributed by atoms with Crippen LogP contribution in [-0.2, 0) is 4.74 Å². The summed E-state index contributed by atoms with van der Waals surface area (Å²) in [6.45, 7) is 8.29. The van der Waals surface area contributed by atoms with Gasteiger partial charge in [0.25, 0.3) is 0 Å². The minimum Gasteiger partial charge on any atom is -0.382 e. The molecule has 0 bridgehead atoms. The Hall–Kier alpha value is -1.34. The third kappa shape index (κ3) is 4.19. The first-order chi connectivity index (χ1) is 11.7. The Balaban J connectivity index is 1.47. The summed E-state index contributed by atoms with van der Waals surface area (Å²) in [4.78, 5) is 13.7. The molecule has 1 saturated carbocycles. The number of nitrogens with two attached hydrogens (primary N) is 1. The van der Waals surface area contributed by atoms with Gasteiger partial charge in [0.15, 0.2) is 11.1 Å². The number of anilines is 1. The fraction of sp³-hybridized carbons (Fsp3) is 0.765. The van der Waals surface area contributed by atoms with Crippen LogP contribution in [0.25, 0.3) is 0 Å². The van der Waals surface area contributed by atoms with Crippen molar-refractivity contribution in [2.45, 2.75) is 32.6 Å². The minimum atomic E-state index is 0.336. The number of ether oxygens (including phenoxy) is 1. The molecule has 0 radical (unpaired) electrons. The van der Waals surface area contributed by atoms with Gasteiger partial charge in [-0.05, 0) is 31.6 Å². The lowest BCUT2D eigenvalue weighted by Crippen LogP contribution is -2.51. The van der Waals surface area contributed by atoms with E-state index in [9.17, 15) is 0 Å². The van der Waals surface area contributed by atoms with Gasteiger partial charge in [-0.1, -0.05) is 6.42 Å². The van der Waals surface area contributed by atoms with E-state index in [0.29, 0.717) is 11.4 Å². The molecule has 3 rings (SSSR count). The van der Waals surface area contributed by atoms with Crippen LogP contribution in [0.15, 0.2) is 16.6 Å². The van der Waals surface area contributed by atoms with Crippen molar-refractivity contribution in [1.82, 2.24) is 9.88 Å². The van der Waals surface area contributed by atoms with Crippen LogP contribution in [0, 0.1) is 5.41 Å². The van der Waals surface area contributed by atoms with Crippen molar-refractivity contribution in [3.8, 4) is 0 Å². The SMILES string of the molecule is CCOCCC1(CN=C(N)N2CCN(c3nccs3)CC2)CCC1. The van der Waals surface area contributed by atoms with Crippen molar-refractivity contribution in [3.63, 3.8) is 0 Å². The fourth-order valence-corrected chi connectivity index (χ4v) is 4.14. The van der Waals surface area contributed by atoms with Crippen LogP contribution < -0.4 is 10.6 Å². The molecule has 0 spiro atoms. The highest BCUT2D eigenvalue weighted by atomic mass is 32.1. The number of guanidine groups is 1. The molecule has 7 heteroatoms. The second kappa shape index (κ2) is 8.16. The number of aliphatic imine (C=N–C) groups is 1. The van der Waals surface area contributed by atoms with Crippen LogP contribution in [0.2, 0.25) is 0 Å². The summed E-state index contributed by atoms with van der Waals surface area (Å²) in [5.74, 6) is 0.705. The van der Waals surface area contributed by atoms with Crippen LogP contribution >= 0.6 is 11.3 Å². The lowest BCUT2D eigenvalue weighted by molar-refractivity contribution is 0.0608. The monoisotopic (exact) mass is 351 g/mol. The van der Waals surface area contributed by atoms with E-state index >= 15 is 0 Å². The molecule has 0 atom stereocenters. The molecule has 6 nitrogen and oxygen atoms in total. The zero-order valence-corrected chi connectivity index (χ0v) is 15.4. The number of nitrogens with zero attached hydrogens (tertiary/aromatic N) is 4. The summed E-state index contributed by atoms with van der Waals surface area (Å²) >= 11 is 1.70. The first-order valence-corrected chi connectivity index (χ1v) is 9.87. The number of rotatable bonds is 7. The third-order valence-electron chi connectivity index (χ3n) is 5.27. The van der Waals surface area contributed by atoms with Gasteiger partial charge in [0.05, 0.1) is 0 Å². The molecular weight excluding hydrogens is 322 g/mol. The molecule has 2 N–H and O–H groups in total. The van der Waals surface area contributed by atoms with Crippen molar-refractivity contribution in [3.05, 3.63) is 11.6 Å². The second-order valence-electron chi connectivity index (χ2n) is 6.76. The molecule has 134 valence electrons. The summed E-state index contributed by atoms with van der Waals surface area (Å²) in [6, 6.07) is 0. The van der Waals surface area contributed by atoms with Gasteiger partial charge in [-0.2, -0.15) is 0 Å². The van der Waals surface area contributed by atoms with Crippen LogP contribution in [0.1, 0.15) is 32.6 Å². The fourth-order valence-electron chi connectivity index (χ4n) is 3.44. The third-order valence-corrected chi connectivity index (χ3v) is 6.10. The van der Waals surface area contributed by atoms with Crippen molar-refractivity contribution >= 4 is 22.4 Å². The predicted octanol–water partition coefficient (Wildman–Crippen LogP) is 2.18. The van der Waals surface area contributed by atoms with E-state index in [2.05, 4.69) is 21.7 Å². The van der Waals surface area contributed by atoms with E-state index in [1.807, 2.05) is 11.6 Å². The minimum absolute atomic E-state index is 0.336. The quantitative estimate of drug-likeness (QED) is 0.463. The lowest BCUT2D eigenvalue weighted by Gasteiger charge is -2.41. The normalized spacial score (nSPS) is 21.0. The maximum absolute atomic E-state index is 6.27. The van der Waals surface area contributed by atoms with Gasteiger partial charge < -0.3 is 20.3 Å². The van der Waals surface area contributed by atoms with Crippen LogP contribution in [0.4, 0.5) is 5.13 Å². The molecule has 1 saturated heterocycles. The number of aromatic nitrogens is 1. The Bertz CT molecular complexity index is 521. The van der Waals surface area contributed by atoms with Crippen molar-refractivity contribution in [2.75, 3.05) is 50.8 Å². The molecule has 2 heterocycles. The summed E-state index contributed by atoms with van der Waals surface area (Å²) in [7, 11) is 0. The largest absolute Gasteiger partial charge is 0.382 e. The summed E-state index contributed by atoms with van der Waals surface area (Å²) < 4.78 is 5.53. The van der Waals surface area contributed by atoms with Crippen molar-refractivity contribution < 1.29 is 4.74 Å². The van der Waals surface area contributed by atoms with Crippen LogP contribution in [0.3, 0.4) is 0 Å². The molecule has 0 amide bonds. The first kappa shape index (κ1) is 17.5. The smallest absolute Gasteiger partial charge is 0.191 e. The first-order valence-electron chi connectivity index (χ1n) is 8.99. The highest BCUT2D eigenvalue weighted by Gasteiger charge is 2.36. The zero-order valence-electron chi connectivity index (χ0n) is 14.6. The van der Waals surface area contributed by atoms with Gasteiger partial charge in [-0.25, -0.2) is 4.98 Å². The van der Waals surface area contributed by atoms with E-state index in [-0.39, 0.29) is 0 Å². The average molecular weight is 352 g/mol. The van der Waals surface area contributed by atoms with E-state index in [1.165, 1.54) is 19.3 Å². The summed E-state index contributed by atoms with van der Waals surface area (Å²) in [6.07, 6.45) is 6.80. The Labute approximate surface area is 148 Å². The second-order valence-corrected chi connectivity index (χ2v) is 7.64. The molecular formula is C17H29N5OS. The van der Waals surface area contributed by atoms with E-state index < -0.39 is 0 Å². The van der Waals surface area contributed by atoms with Gasteiger partial charge in [0, 0.05) is 57.5 Å². The number of hydrogen-bond acceptors (Lipinski definition) is 5. The molecule has 1 aromatic heterocycles. The van der Waals surface area contributed by atoms with Gasteiger partial charge in [0.2, 0.25) is 0 Å². The lowest BCUT2D eigenvalue weighted by atomic mass is 9.67. The average Bonchev–Trinajstić information content (AvgIpc) is 3.11. The zero-order chi connectivity index (χ0) is 16.8. The standard InChI is InChI=1S/C17H29N5OS/c1-2-23-12-6-17(4-3-5-17)14-20-15(18)21-8-10-22(11-9-21)16-19-7-13-24-16/h7,13H,2-6,8-12,14H2,1H3,(H2,18,20). The molecule has 1 aromatic rings. The van der Waals surface area contributed by atoms with E-state index in [4.69, 9.17) is 15.5 Å². The Morgan fingerprint density at radius 3 is 2.75 bits per heavy atom. The number of piperazine rings is 1. The van der Waals surface area contributed by atoms with Gasteiger partial charge >= 0.3 is 0 Å². The Kier molecular flexibility index (Phi) is 5.94. The maximum atomic E-state index is 6.27. The van der Waals surface area contributed by atoms with Gasteiger partial charge in [-0.15, -0.1) is 11.3 Å². The molecule has 2 fully saturated rings. The van der Waals surface area contributed by atoms with Crippen LogP contribution in [0.5, 0.6) is 0 Å². The predicted molar refractivity (Wildman–Crippen MR) is 99.8 cm³/mol. The van der Waals surface area contributed by atoms with Gasteiger partial charge in [0.1, 0.15) is 0 Å². The highest BCUT2D eigenvalue weighted by molar-refractivity contribution is 7.13. The van der Waals surface area contributed by atoms with Gasteiger partial charge in [-0.3, -0.25) is 4.99 Å². The van der Waals surface area contributed by atoms with E-state index in [1.54, 1.807) is 11.3 Å². The Morgan fingerprint density at radius 2 is 2.17 bits per heavy atom. The van der Waals surface area contributed by atoms with E-state index in [0.717, 1.165) is 57.5 Å². The van der Waals surface area contributed by atoms with Crippen molar-refractivity contribution in [2.24, 2.45) is 16.1 Å². The summed E-state index contributed by atoms with van der Waals surface area (Å²) in [5, 5.41) is 3.13. The molecule has 1 aliphatic heterocycles. The number of hydrogen-bond donors (Lipinski definition) is 1. The molecule has 0 unspecified atom stereocenters. The molecule has 2 aliphatic rings. The molecule has 1 aliphatic carbocycles. The topological polar surface area (TPSA) is 67.0 Å². The summed E-state index contributed by atoms with van der Waals surface area (Å²) in [5.41, 5.74) is 6.60. The highest BCUT2D eigenvalue weighted by Crippen LogP contribution is 2.44. The Morgan fingerprint density at radius 1 is 1.38 bits per heavy atom. The van der Waals surface area contributed by atoms with Crippen molar-refractivity contribution in [1.29, 1.82) is 0 Å². The molecule has 0 aromatic carbocycles. The maximum Gasteiger partial charge on any atom is 0.191 e. The molecule has 24 heavy (non-hydrogen) atoms. The van der Waals surface area contributed by atoms with Crippen LogP contribution in [-0.4, -0.2) is 61.8 Å².